The Morgan fingerprint density at radius 3 is 2.31 bits per heavy atom. The zero-order chi connectivity index (χ0) is 10.1. The van der Waals surface area contributed by atoms with Gasteiger partial charge >= 0.3 is 5.51 Å². The molecular formula is C7H4F4OS. The van der Waals surface area contributed by atoms with Gasteiger partial charge in [0.15, 0.2) is 11.6 Å². The van der Waals surface area contributed by atoms with E-state index in [2.05, 4.69) is 0 Å². The number of hydrogen-bond acceptors (Lipinski definition) is 2. The maximum absolute atomic E-state index is 12.5. The Hall–Kier alpha value is -0.910. The van der Waals surface area contributed by atoms with Crippen molar-refractivity contribution in [3.05, 3.63) is 24.0 Å². The van der Waals surface area contributed by atoms with E-state index in [0.29, 0.717) is 6.07 Å². The van der Waals surface area contributed by atoms with Gasteiger partial charge in [-0.25, -0.2) is 4.39 Å². The van der Waals surface area contributed by atoms with Crippen LogP contribution >= 0.6 is 11.8 Å². The number of alkyl halides is 3. The quantitative estimate of drug-likeness (QED) is 0.570. The molecule has 72 valence electrons. The second kappa shape index (κ2) is 3.45. The summed E-state index contributed by atoms with van der Waals surface area (Å²) in [4.78, 5) is -0.289. The van der Waals surface area contributed by atoms with Gasteiger partial charge in [-0.3, -0.25) is 0 Å². The number of phenolic OH excluding ortho intramolecular Hbond substituents is 1. The first-order valence-electron chi connectivity index (χ1n) is 3.13. The number of hydrogen-bond donors (Lipinski definition) is 1. The smallest absolute Gasteiger partial charge is 0.446 e. The number of benzene rings is 1. The summed E-state index contributed by atoms with van der Waals surface area (Å²) in [6, 6.07) is 2.51. The number of rotatable bonds is 1. The van der Waals surface area contributed by atoms with E-state index in [-0.39, 0.29) is 4.90 Å². The Kier molecular flexibility index (Phi) is 2.70. The molecule has 1 nitrogen and oxygen atoms in total. The summed E-state index contributed by atoms with van der Waals surface area (Å²) in [6.07, 6.45) is 0. The van der Waals surface area contributed by atoms with Gasteiger partial charge in [0, 0.05) is 4.90 Å². The van der Waals surface area contributed by atoms with Gasteiger partial charge in [0.2, 0.25) is 0 Å². The third kappa shape index (κ3) is 3.14. The highest BCUT2D eigenvalue weighted by atomic mass is 32.2. The van der Waals surface area contributed by atoms with Crippen molar-refractivity contribution in [2.45, 2.75) is 10.4 Å². The summed E-state index contributed by atoms with van der Waals surface area (Å²) in [5.41, 5.74) is -4.44. The van der Waals surface area contributed by atoms with Gasteiger partial charge in [-0.05, 0) is 30.0 Å². The minimum absolute atomic E-state index is 0.289. The van der Waals surface area contributed by atoms with Gasteiger partial charge in [0.1, 0.15) is 0 Å². The van der Waals surface area contributed by atoms with E-state index in [9.17, 15) is 17.6 Å². The average molecular weight is 212 g/mol. The molecule has 0 bridgehead atoms. The molecule has 1 N–H and O–H groups in total. The average Bonchev–Trinajstić information content (AvgIpc) is 1.94. The standard InChI is InChI=1S/C7H4F4OS/c8-5-3-4(1-2-6(5)12)13-7(9,10)11/h1-3,12H. The largest absolute Gasteiger partial charge is 0.505 e. The van der Waals surface area contributed by atoms with Gasteiger partial charge in [0.05, 0.1) is 0 Å². The molecular weight excluding hydrogens is 208 g/mol. The lowest BCUT2D eigenvalue weighted by Gasteiger charge is -2.05. The highest BCUT2D eigenvalue weighted by Crippen LogP contribution is 2.37. The molecule has 0 unspecified atom stereocenters. The van der Waals surface area contributed by atoms with Crippen molar-refractivity contribution in [3.63, 3.8) is 0 Å². The van der Waals surface area contributed by atoms with Crippen LogP contribution in [0.4, 0.5) is 17.6 Å². The lowest BCUT2D eigenvalue weighted by molar-refractivity contribution is -0.0328. The van der Waals surface area contributed by atoms with E-state index in [1.165, 1.54) is 0 Å². The molecule has 0 atom stereocenters. The molecule has 13 heavy (non-hydrogen) atoms. The monoisotopic (exact) mass is 212 g/mol. The van der Waals surface area contributed by atoms with E-state index in [1.54, 1.807) is 0 Å². The maximum atomic E-state index is 12.5. The first-order chi connectivity index (χ1) is 5.88. The van der Waals surface area contributed by atoms with Gasteiger partial charge in [-0.15, -0.1) is 0 Å². The van der Waals surface area contributed by atoms with Crippen molar-refractivity contribution in [2.75, 3.05) is 0 Å². The summed E-state index contributed by atoms with van der Waals surface area (Å²) in [6.45, 7) is 0. The Labute approximate surface area is 75.4 Å². The fourth-order valence-corrected chi connectivity index (χ4v) is 1.25. The molecule has 0 aliphatic heterocycles. The predicted molar refractivity (Wildman–Crippen MR) is 40.0 cm³/mol. The Balaban J connectivity index is 2.86. The molecule has 0 aromatic heterocycles. The summed E-state index contributed by atoms with van der Waals surface area (Å²) in [7, 11) is 0. The van der Waals surface area contributed by atoms with Crippen LogP contribution in [-0.4, -0.2) is 10.6 Å². The second-order valence-electron chi connectivity index (χ2n) is 2.16. The van der Waals surface area contributed by atoms with E-state index in [4.69, 9.17) is 5.11 Å². The molecule has 0 saturated heterocycles. The third-order valence-corrected chi connectivity index (χ3v) is 1.87. The normalized spacial score (nSPS) is 11.7. The molecule has 1 aromatic carbocycles. The highest BCUT2D eigenvalue weighted by molar-refractivity contribution is 8.00. The molecule has 0 saturated carbocycles. The fraction of sp³-hybridized carbons (Fsp3) is 0.143. The van der Waals surface area contributed by atoms with Gasteiger partial charge in [0.25, 0.3) is 0 Å². The van der Waals surface area contributed by atoms with Crippen molar-refractivity contribution < 1.29 is 22.7 Å². The topological polar surface area (TPSA) is 20.2 Å². The van der Waals surface area contributed by atoms with E-state index >= 15 is 0 Å². The van der Waals surface area contributed by atoms with Crippen molar-refractivity contribution in [1.29, 1.82) is 0 Å². The van der Waals surface area contributed by atoms with E-state index in [1.807, 2.05) is 0 Å². The molecule has 0 amide bonds. The van der Waals surface area contributed by atoms with Crippen LogP contribution in [0.1, 0.15) is 0 Å². The fourth-order valence-electron chi connectivity index (χ4n) is 0.685. The van der Waals surface area contributed by atoms with Crippen LogP contribution in [0.15, 0.2) is 23.1 Å². The van der Waals surface area contributed by atoms with Crippen molar-refractivity contribution in [2.24, 2.45) is 0 Å². The molecule has 0 fully saturated rings. The van der Waals surface area contributed by atoms with Crippen LogP contribution in [0.25, 0.3) is 0 Å². The molecule has 0 radical (unpaired) electrons. The third-order valence-electron chi connectivity index (χ3n) is 1.15. The van der Waals surface area contributed by atoms with Crippen molar-refractivity contribution >= 4 is 11.8 Å². The Bertz CT molecular complexity index is 310. The van der Waals surface area contributed by atoms with Crippen LogP contribution in [0.2, 0.25) is 0 Å². The molecule has 1 aromatic rings. The number of halogens is 4. The summed E-state index contributed by atoms with van der Waals surface area (Å²) < 4.78 is 47.8. The summed E-state index contributed by atoms with van der Waals surface area (Å²) in [5.74, 6) is -1.72. The van der Waals surface area contributed by atoms with Gasteiger partial charge < -0.3 is 5.11 Å². The first kappa shape index (κ1) is 10.2. The van der Waals surface area contributed by atoms with Crippen molar-refractivity contribution in [3.8, 4) is 5.75 Å². The predicted octanol–water partition coefficient (Wildman–Crippen LogP) is 3.14. The number of aromatic hydroxyl groups is 1. The van der Waals surface area contributed by atoms with Crippen molar-refractivity contribution in [1.82, 2.24) is 0 Å². The van der Waals surface area contributed by atoms with Crippen LogP contribution < -0.4 is 0 Å². The molecule has 1 rings (SSSR count). The number of thioether (sulfide) groups is 1. The summed E-state index contributed by atoms with van der Waals surface area (Å²) in [5, 5.41) is 8.68. The minimum Gasteiger partial charge on any atom is -0.505 e. The van der Waals surface area contributed by atoms with Crippen LogP contribution in [0, 0.1) is 5.82 Å². The van der Waals surface area contributed by atoms with Crippen LogP contribution in [0.5, 0.6) is 5.75 Å². The second-order valence-corrected chi connectivity index (χ2v) is 3.30. The Morgan fingerprint density at radius 1 is 1.23 bits per heavy atom. The zero-order valence-corrected chi connectivity index (χ0v) is 6.92. The minimum atomic E-state index is -4.44. The SMILES string of the molecule is Oc1ccc(SC(F)(F)F)cc1F. The van der Waals surface area contributed by atoms with Gasteiger partial charge in [-0.1, -0.05) is 0 Å². The molecule has 0 aliphatic carbocycles. The molecule has 6 heteroatoms. The van der Waals surface area contributed by atoms with Crippen LogP contribution in [-0.2, 0) is 0 Å². The lowest BCUT2D eigenvalue weighted by Crippen LogP contribution is -1.98. The molecule has 0 spiro atoms. The maximum Gasteiger partial charge on any atom is 0.446 e. The number of phenols is 1. The molecule has 0 aliphatic rings. The van der Waals surface area contributed by atoms with E-state index in [0.717, 1.165) is 12.1 Å². The molecule has 0 heterocycles. The van der Waals surface area contributed by atoms with E-state index < -0.39 is 28.8 Å². The van der Waals surface area contributed by atoms with Gasteiger partial charge in [-0.2, -0.15) is 13.2 Å². The highest BCUT2D eigenvalue weighted by Gasteiger charge is 2.29. The summed E-state index contributed by atoms with van der Waals surface area (Å²) >= 11 is -0.428. The first-order valence-corrected chi connectivity index (χ1v) is 3.94. The van der Waals surface area contributed by atoms with Crippen LogP contribution in [0.3, 0.4) is 0 Å². The lowest BCUT2D eigenvalue weighted by atomic mass is 10.3. The zero-order valence-electron chi connectivity index (χ0n) is 6.10. The Morgan fingerprint density at radius 2 is 1.85 bits per heavy atom.